The summed E-state index contributed by atoms with van der Waals surface area (Å²) in [4.78, 5) is 11.6. The summed E-state index contributed by atoms with van der Waals surface area (Å²) in [6.07, 6.45) is 0. The standard InChI is InChI=1S/C20H21FO4/c1-13(2)20(23)25-12-16-11-15(5-7-19(16)24-9-8-22)17-6-4-14(3)10-18(17)21/h4-7,10-11,22H,1,8-9,12H2,2-3H3. The first kappa shape index (κ1) is 18.7. The van der Waals surface area contributed by atoms with Crippen LogP contribution in [0, 0.1) is 12.7 Å². The fourth-order valence-corrected chi connectivity index (χ4v) is 2.28. The zero-order chi connectivity index (χ0) is 18.4. The summed E-state index contributed by atoms with van der Waals surface area (Å²) in [7, 11) is 0. The van der Waals surface area contributed by atoms with E-state index < -0.39 is 5.97 Å². The molecule has 0 aromatic heterocycles. The van der Waals surface area contributed by atoms with Crippen LogP contribution in [0.5, 0.6) is 5.75 Å². The van der Waals surface area contributed by atoms with Crippen LogP contribution in [0.1, 0.15) is 18.1 Å². The van der Waals surface area contributed by atoms with Gasteiger partial charge in [-0.25, -0.2) is 9.18 Å². The molecular formula is C20H21FO4. The van der Waals surface area contributed by atoms with E-state index in [-0.39, 0.29) is 25.6 Å². The summed E-state index contributed by atoms with van der Waals surface area (Å²) in [5.41, 5.74) is 2.81. The highest BCUT2D eigenvalue weighted by Crippen LogP contribution is 2.29. The van der Waals surface area contributed by atoms with Crippen molar-refractivity contribution in [3.05, 3.63) is 65.5 Å². The predicted octanol–water partition coefficient (Wildman–Crippen LogP) is 3.79. The molecule has 5 heteroatoms. The quantitative estimate of drug-likeness (QED) is 0.613. The van der Waals surface area contributed by atoms with E-state index in [9.17, 15) is 9.18 Å². The summed E-state index contributed by atoms with van der Waals surface area (Å²) in [5, 5.41) is 8.93. The predicted molar refractivity (Wildman–Crippen MR) is 93.8 cm³/mol. The lowest BCUT2D eigenvalue weighted by atomic mass is 10.0. The van der Waals surface area contributed by atoms with Crippen molar-refractivity contribution in [1.29, 1.82) is 0 Å². The van der Waals surface area contributed by atoms with Gasteiger partial charge in [-0.3, -0.25) is 0 Å². The maximum Gasteiger partial charge on any atom is 0.333 e. The lowest BCUT2D eigenvalue weighted by Crippen LogP contribution is -2.08. The van der Waals surface area contributed by atoms with Gasteiger partial charge >= 0.3 is 5.97 Å². The van der Waals surface area contributed by atoms with Crippen molar-refractivity contribution in [2.24, 2.45) is 0 Å². The topological polar surface area (TPSA) is 55.8 Å². The molecule has 0 unspecified atom stereocenters. The summed E-state index contributed by atoms with van der Waals surface area (Å²) in [5.74, 6) is -0.367. The number of carbonyl (C=O) groups is 1. The monoisotopic (exact) mass is 344 g/mol. The van der Waals surface area contributed by atoms with Gasteiger partial charge in [0.05, 0.1) is 6.61 Å². The smallest absolute Gasteiger partial charge is 0.333 e. The van der Waals surface area contributed by atoms with Gasteiger partial charge in [0.2, 0.25) is 0 Å². The van der Waals surface area contributed by atoms with Gasteiger partial charge in [0.25, 0.3) is 0 Å². The summed E-state index contributed by atoms with van der Waals surface area (Å²) in [6.45, 7) is 6.85. The van der Waals surface area contributed by atoms with Gasteiger partial charge in [0.1, 0.15) is 24.8 Å². The van der Waals surface area contributed by atoms with Gasteiger partial charge in [0, 0.05) is 16.7 Å². The van der Waals surface area contributed by atoms with E-state index in [1.807, 2.05) is 13.0 Å². The Labute approximate surface area is 146 Å². The van der Waals surface area contributed by atoms with E-state index in [2.05, 4.69) is 6.58 Å². The number of aliphatic hydroxyl groups is 1. The number of benzene rings is 2. The number of aliphatic hydroxyl groups excluding tert-OH is 1. The Balaban J connectivity index is 2.35. The molecule has 0 aliphatic rings. The number of ether oxygens (including phenoxy) is 2. The highest BCUT2D eigenvalue weighted by atomic mass is 19.1. The molecule has 0 fully saturated rings. The molecule has 0 atom stereocenters. The van der Waals surface area contributed by atoms with E-state index in [1.54, 1.807) is 31.2 Å². The molecule has 2 rings (SSSR count). The van der Waals surface area contributed by atoms with E-state index in [1.165, 1.54) is 6.07 Å². The Morgan fingerprint density at radius 2 is 2.00 bits per heavy atom. The lowest BCUT2D eigenvalue weighted by Gasteiger charge is -2.14. The zero-order valence-electron chi connectivity index (χ0n) is 14.3. The lowest BCUT2D eigenvalue weighted by molar-refractivity contribution is -0.140. The van der Waals surface area contributed by atoms with Crippen LogP contribution >= 0.6 is 0 Å². The maximum atomic E-state index is 14.2. The van der Waals surface area contributed by atoms with Crippen LogP contribution in [0.2, 0.25) is 0 Å². The van der Waals surface area contributed by atoms with Crippen molar-refractivity contribution < 1.29 is 23.8 Å². The van der Waals surface area contributed by atoms with Gasteiger partial charge in [-0.1, -0.05) is 24.8 Å². The van der Waals surface area contributed by atoms with E-state index >= 15 is 0 Å². The Kier molecular flexibility index (Phi) is 6.31. The fraction of sp³-hybridized carbons (Fsp3) is 0.250. The van der Waals surface area contributed by atoms with Crippen LogP contribution < -0.4 is 4.74 Å². The molecule has 0 bridgehead atoms. The minimum Gasteiger partial charge on any atom is -0.491 e. The number of hydrogen-bond donors (Lipinski definition) is 1. The molecule has 0 aliphatic carbocycles. The second-order valence-corrected chi connectivity index (χ2v) is 5.73. The van der Waals surface area contributed by atoms with E-state index in [0.717, 1.165) is 5.56 Å². The number of aryl methyl sites for hydroxylation is 1. The van der Waals surface area contributed by atoms with E-state index in [0.29, 0.717) is 28.0 Å². The minimum atomic E-state index is -0.514. The second-order valence-electron chi connectivity index (χ2n) is 5.73. The highest BCUT2D eigenvalue weighted by molar-refractivity contribution is 5.87. The molecule has 0 saturated heterocycles. The van der Waals surface area contributed by atoms with Gasteiger partial charge < -0.3 is 14.6 Å². The molecule has 2 aromatic rings. The molecule has 0 amide bonds. The molecule has 0 aliphatic heterocycles. The fourth-order valence-electron chi connectivity index (χ4n) is 2.28. The van der Waals surface area contributed by atoms with Crippen LogP contribution in [-0.2, 0) is 16.1 Å². The number of hydrogen-bond acceptors (Lipinski definition) is 4. The first-order chi connectivity index (χ1) is 11.9. The average molecular weight is 344 g/mol. The van der Waals surface area contributed by atoms with Crippen molar-refractivity contribution in [2.45, 2.75) is 20.5 Å². The highest BCUT2D eigenvalue weighted by Gasteiger charge is 2.12. The van der Waals surface area contributed by atoms with Gasteiger partial charge in [-0.2, -0.15) is 0 Å². The number of halogens is 1. The Morgan fingerprint density at radius 1 is 1.24 bits per heavy atom. The molecule has 0 saturated carbocycles. The Hall–Kier alpha value is -2.66. The van der Waals surface area contributed by atoms with Crippen LogP contribution in [0.25, 0.3) is 11.1 Å². The second kappa shape index (κ2) is 8.44. The third-order valence-electron chi connectivity index (χ3n) is 3.55. The summed E-state index contributed by atoms with van der Waals surface area (Å²) >= 11 is 0. The van der Waals surface area contributed by atoms with Gasteiger partial charge in [-0.15, -0.1) is 0 Å². The third kappa shape index (κ3) is 4.90. The molecular weight excluding hydrogens is 323 g/mol. The average Bonchev–Trinajstić information content (AvgIpc) is 2.58. The van der Waals surface area contributed by atoms with Crippen molar-refractivity contribution >= 4 is 5.97 Å². The maximum absolute atomic E-state index is 14.2. The summed E-state index contributed by atoms with van der Waals surface area (Å²) in [6, 6.07) is 10.1. The molecule has 0 spiro atoms. The van der Waals surface area contributed by atoms with Gasteiger partial charge in [-0.05, 0) is 43.2 Å². The molecule has 1 N–H and O–H groups in total. The van der Waals surface area contributed by atoms with Gasteiger partial charge in [0.15, 0.2) is 0 Å². The van der Waals surface area contributed by atoms with Crippen molar-refractivity contribution in [3.63, 3.8) is 0 Å². The molecule has 4 nitrogen and oxygen atoms in total. The molecule has 25 heavy (non-hydrogen) atoms. The minimum absolute atomic E-state index is 0.0340. The van der Waals surface area contributed by atoms with E-state index in [4.69, 9.17) is 14.6 Å². The van der Waals surface area contributed by atoms with Crippen LogP contribution in [-0.4, -0.2) is 24.3 Å². The number of rotatable bonds is 7. The SMILES string of the molecule is C=C(C)C(=O)OCc1cc(-c2ccc(C)cc2F)ccc1OCCO. The van der Waals surface area contributed by atoms with Crippen LogP contribution in [0.3, 0.4) is 0 Å². The third-order valence-corrected chi connectivity index (χ3v) is 3.55. The molecule has 2 aromatic carbocycles. The largest absolute Gasteiger partial charge is 0.491 e. The molecule has 132 valence electrons. The van der Waals surface area contributed by atoms with Crippen LogP contribution in [0.15, 0.2) is 48.6 Å². The van der Waals surface area contributed by atoms with Crippen molar-refractivity contribution in [2.75, 3.05) is 13.2 Å². The van der Waals surface area contributed by atoms with Crippen molar-refractivity contribution in [1.82, 2.24) is 0 Å². The van der Waals surface area contributed by atoms with Crippen molar-refractivity contribution in [3.8, 4) is 16.9 Å². The normalized spacial score (nSPS) is 10.4. The number of esters is 1. The Bertz CT molecular complexity index is 783. The number of carbonyl (C=O) groups excluding carboxylic acids is 1. The van der Waals surface area contributed by atoms with Crippen LogP contribution in [0.4, 0.5) is 4.39 Å². The molecule has 0 heterocycles. The summed E-state index contributed by atoms with van der Waals surface area (Å²) < 4.78 is 24.9. The first-order valence-corrected chi connectivity index (χ1v) is 7.88. The first-order valence-electron chi connectivity index (χ1n) is 7.88. The molecule has 0 radical (unpaired) electrons. The zero-order valence-corrected chi connectivity index (χ0v) is 14.3. The Morgan fingerprint density at radius 3 is 2.64 bits per heavy atom.